The predicted molar refractivity (Wildman–Crippen MR) is 118 cm³/mol. The van der Waals surface area contributed by atoms with Crippen LogP contribution in [0.15, 0.2) is 23.1 Å². The topological polar surface area (TPSA) is 99.5 Å². The molecule has 0 spiro atoms. The second-order valence-corrected chi connectivity index (χ2v) is 11.9. The van der Waals surface area contributed by atoms with Gasteiger partial charge in [0.2, 0.25) is 5.91 Å². The van der Waals surface area contributed by atoms with Crippen molar-refractivity contribution in [2.24, 2.45) is 5.92 Å². The maximum Gasteiger partial charge on any atom is 0.417 e. The molecule has 0 radical (unpaired) electrons. The Labute approximate surface area is 205 Å². The third-order valence-electron chi connectivity index (χ3n) is 7.30. The lowest BCUT2D eigenvalue weighted by Gasteiger charge is -2.34. The normalized spacial score (nSPS) is 27.4. The van der Waals surface area contributed by atoms with Gasteiger partial charge in [0.25, 0.3) is 5.92 Å². The molecule has 1 aromatic carbocycles. The van der Waals surface area contributed by atoms with Crippen molar-refractivity contribution < 1.29 is 39.9 Å². The number of hydrogen-bond donors (Lipinski definition) is 1. The van der Waals surface area contributed by atoms with Crippen molar-refractivity contribution in [2.45, 2.75) is 72.4 Å². The Kier molecular flexibility index (Phi) is 6.75. The molecule has 1 N–H and O–H groups in total. The Morgan fingerprint density at radius 1 is 1.17 bits per heavy atom. The molecule has 1 saturated heterocycles. The quantitative estimate of drug-likeness (QED) is 0.558. The molecule has 1 aromatic rings. The van der Waals surface area contributed by atoms with Gasteiger partial charge in [-0.3, -0.25) is 4.79 Å². The average Bonchev–Trinajstić information content (AvgIpc) is 3.43. The first-order valence-corrected chi connectivity index (χ1v) is 13.1. The Hall–Kier alpha value is -2.46. The molecule has 7 nitrogen and oxygen atoms in total. The van der Waals surface area contributed by atoms with Crippen molar-refractivity contribution in [3.05, 3.63) is 23.8 Å². The molecule has 3 aliphatic rings. The summed E-state index contributed by atoms with van der Waals surface area (Å²) >= 11 is 0. The third kappa shape index (κ3) is 5.16. The molecule has 36 heavy (non-hydrogen) atoms. The van der Waals surface area contributed by atoms with Crippen LogP contribution < -0.4 is 10.2 Å². The fourth-order valence-electron chi connectivity index (χ4n) is 4.92. The number of nitriles is 1. The fourth-order valence-corrected chi connectivity index (χ4v) is 6.92. The molecular formula is C23H26F5N3O4S. The fraction of sp³-hybridized carbons (Fsp3) is 0.652. The summed E-state index contributed by atoms with van der Waals surface area (Å²) in [6.07, 6.45) is -6.38. The number of anilines is 1. The molecule has 1 heterocycles. The minimum absolute atomic E-state index is 0.0152. The summed E-state index contributed by atoms with van der Waals surface area (Å²) in [4.78, 5) is 13.2. The summed E-state index contributed by atoms with van der Waals surface area (Å²) in [5, 5.41) is 10.5. The number of ether oxygens (including phenoxy) is 1. The van der Waals surface area contributed by atoms with Gasteiger partial charge in [0.05, 0.1) is 33.8 Å². The molecule has 13 heteroatoms. The Bertz CT molecular complexity index is 1170. The van der Waals surface area contributed by atoms with Crippen LogP contribution >= 0.6 is 0 Å². The number of nitrogens with one attached hydrogen (secondary N) is 1. The van der Waals surface area contributed by atoms with Gasteiger partial charge in [0, 0.05) is 38.7 Å². The Morgan fingerprint density at radius 2 is 1.81 bits per heavy atom. The molecule has 4 rings (SSSR count). The molecule has 1 aliphatic heterocycles. The van der Waals surface area contributed by atoms with E-state index in [0.29, 0.717) is 18.9 Å². The van der Waals surface area contributed by atoms with E-state index in [2.05, 4.69) is 5.32 Å². The number of rotatable bonds is 6. The van der Waals surface area contributed by atoms with Gasteiger partial charge in [-0.05, 0) is 43.9 Å². The highest BCUT2D eigenvalue weighted by atomic mass is 32.2. The lowest BCUT2D eigenvalue weighted by molar-refractivity contribution is -0.139. The first kappa shape index (κ1) is 26.6. The van der Waals surface area contributed by atoms with Crippen LogP contribution in [0.5, 0.6) is 0 Å². The summed E-state index contributed by atoms with van der Waals surface area (Å²) in [5.74, 6) is -4.39. The molecule has 2 aliphatic carbocycles. The zero-order chi connectivity index (χ0) is 26.5. The van der Waals surface area contributed by atoms with Gasteiger partial charge in [-0.1, -0.05) is 0 Å². The smallest absolute Gasteiger partial charge is 0.381 e. The number of piperidine rings is 1. The molecule has 3 fully saturated rings. The zero-order valence-electron chi connectivity index (χ0n) is 19.4. The van der Waals surface area contributed by atoms with Crippen molar-refractivity contribution in [1.82, 2.24) is 5.32 Å². The number of carbonyl (C=O) groups is 1. The zero-order valence-corrected chi connectivity index (χ0v) is 20.3. The van der Waals surface area contributed by atoms with Crippen LogP contribution in [0.3, 0.4) is 0 Å². The molecule has 2 saturated carbocycles. The molecule has 0 aromatic heterocycles. The summed E-state index contributed by atoms with van der Waals surface area (Å²) in [5.41, 5.74) is -2.34. The molecule has 1 amide bonds. The van der Waals surface area contributed by atoms with Crippen LogP contribution in [0.1, 0.15) is 44.1 Å². The maximum absolute atomic E-state index is 14.0. The first-order valence-electron chi connectivity index (χ1n) is 11.6. The van der Waals surface area contributed by atoms with Crippen molar-refractivity contribution in [3.63, 3.8) is 0 Å². The number of nitrogens with zero attached hydrogens (tertiary/aromatic N) is 2. The van der Waals surface area contributed by atoms with Crippen LogP contribution in [-0.4, -0.2) is 57.3 Å². The molecule has 0 bridgehead atoms. The van der Waals surface area contributed by atoms with E-state index >= 15 is 0 Å². The van der Waals surface area contributed by atoms with E-state index in [0.717, 1.165) is 6.07 Å². The number of sulfone groups is 1. The Morgan fingerprint density at radius 3 is 2.33 bits per heavy atom. The lowest BCUT2D eigenvalue weighted by atomic mass is 10.0. The highest BCUT2D eigenvalue weighted by Crippen LogP contribution is 2.43. The van der Waals surface area contributed by atoms with E-state index in [1.165, 1.54) is 18.1 Å². The second kappa shape index (κ2) is 9.13. The van der Waals surface area contributed by atoms with E-state index in [9.17, 15) is 40.4 Å². The average molecular weight is 536 g/mol. The van der Waals surface area contributed by atoms with E-state index in [1.54, 1.807) is 0 Å². The van der Waals surface area contributed by atoms with E-state index in [-0.39, 0.29) is 31.6 Å². The number of amides is 1. The lowest BCUT2D eigenvalue weighted by Crippen LogP contribution is -2.42. The van der Waals surface area contributed by atoms with Gasteiger partial charge in [0.15, 0.2) is 9.84 Å². The van der Waals surface area contributed by atoms with E-state index in [4.69, 9.17) is 4.74 Å². The van der Waals surface area contributed by atoms with Crippen LogP contribution in [0.25, 0.3) is 0 Å². The third-order valence-corrected chi connectivity index (χ3v) is 9.53. The van der Waals surface area contributed by atoms with Gasteiger partial charge in [0.1, 0.15) is 5.54 Å². The van der Waals surface area contributed by atoms with Crippen molar-refractivity contribution in [2.75, 3.05) is 25.1 Å². The van der Waals surface area contributed by atoms with Crippen molar-refractivity contribution in [1.29, 1.82) is 5.26 Å². The minimum Gasteiger partial charge on any atom is -0.381 e. The molecule has 0 unspecified atom stereocenters. The molecular weight excluding hydrogens is 509 g/mol. The summed E-state index contributed by atoms with van der Waals surface area (Å²) in [6, 6.07) is 4.76. The second-order valence-electron chi connectivity index (χ2n) is 9.72. The maximum atomic E-state index is 14.0. The van der Waals surface area contributed by atoms with E-state index < -0.39 is 74.0 Å². The standard InChI is InChI=1S/C23H26F5N3O4S/c1-35-18-12-15(11-16(18)20(32)30-21(13-29)4-5-21)36(33,34)19-3-2-14(10-17(19)23(26,27)28)31-8-6-22(24,25)7-9-31/h2-3,10,15-16,18H,4-9,11-12H2,1H3,(H,30,32)/t15-,16-,18-/m0/s1. The number of carbonyl (C=O) groups excluding carboxylic acids is 1. The number of halogens is 5. The number of hydrogen-bond acceptors (Lipinski definition) is 6. The van der Waals surface area contributed by atoms with Crippen LogP contribution in [0, 0.1) is 17.2 Å². The van der Waals surface area contributed by atoms with Crippen LogP contribution in [0.4, 0.5) is 27.6 Å². The number of methoxy groups -OCH3 is 1. The predicted octanol–water partition coefficient (Wildman–Crippen LogP) is 3.68. The summed E-state index contributed by atoms with van der Waals surface area (Å²) in [7, 11) is -3.26. The van der Waals surface area contributed by atoms with Crippen molar-refractivity contribution >= 4 is 21.4 Å². The number of benzene rings is 1. The summed E-state index contributed by atoms with van der Waals surface area (Å²) in [6.45, 7) is -0.314. The molecule has 198 valence electrons. The highest BCUT2D eigenvalue weighted by Gasteiger charge is 2.51. The van der Waals surface area contributed by atoms with Crippen LogP contribution in [0.2, 0.25) is 0 Å². The SMILES string of the molecule is CO[C@H]1C[C@@H](S(=O)(=O)c2ccc(N3CCC(F)(F)CC3)cc2C(F)(F)F)C[C@@H]1C(=O)NC1(C#N)CC1. The number of alkyl halides is 5. The van der Waals surface area contributed by atoms with Gasteiger partial charge < -0.3 is 15.0 Å². The largest absolute Gasteiger partial charge is 0.417 e. The highest BCUT2D eigenvalue weighted by molar-refractivity contribution is 7.92. The first-order chi connectivity index (χ1) is 16.7. The van der Waals surface area contributed by atoms with Gasteiger partial charge in [-0.25, -0.2) is 17.2 Å². The van der Waals surface area contributed by atoms with Gasteiger partial charge >= 0.3 is 6.18 Å². The Balaban J connectivity index is 1.60. The van der Waals surface area contributed by atoms with Gasteiger partial charge in [-0.2, -0.15) is 18.4 Å². The van der Waals surface area contributed by atoms with Gasteiger partial charge in [-0.15, -0.1) is 0 Å². The van der Waals surface area contributed by atoms with Crippen LogP contribution in [-0.2, 0) is 25.5 Å². The van der Waals surface area contributed by atoms with E-state index in [1.807, 2.05) is 6.07 Å². The minimum atomic E-state index is -5.01. The monoisotopic (exact) mass is 535 g/mol. The van der Waals surface area contributed by atoms with Crippen molar-refractivity contribution in [3.8, 4) is 6.07 Å². The molecule has 3 atom stereocenters. The summed E-state index contributed by atoms with van der Waals surface area (Å²) < 4.78 is 101.